The van der Waals surface area contributed by atoms with Crippen LogP contribution in [0.15, 0.2) is 46.9 Å². The lowest BCUT2D eigenvalue weighted by Gasteiger charge is -2.17. The molecule has 0 spiro atoms. The molecule has 2 aromatic carbocycles. The Hall–Kier alpha value is -0.940. The minimum atomic E-state index is -0.288. The van der Waals surface area contributed by atoms with Gasteiger partial charge in [-0.15, -0.1) is 0 Å². The quantitative estimate of drug-likeness (QED) is 0.630. The van der Waals surface area contributed by atoms with Crippen LogP contribution in [-0.2, 0) is 12.8 Å². The second kappa shape index (κ2) is 7.18. The summed E-state index contributed by atoms with van der Waals surface area (Å²) in [5.41, 5.74) is 4.68. The zero-order chi connectivity index (χ0) is 14.5. The molecule has 0 fully saturated rings. The van der Waals surface area contributed by atoms with Gasteiger partial charge in [-0.2, -0.15) is 0 Å². The lowest BCUT2D eigenvalue weighted by molar-refractivity contribution is 0.520. The van der Waals surface area contributed by atoms with Crippen LogP contribution in [0.4, 0.5) is 4.39 Å². The van der Waals surface area contributed by atoms with Gasteiger partial charge in [0.25, 0.3) is 0 Å². The molecule has 0 saturated carbocycles. The smallest absolute Gasteiger partial charge is 0.123 e. The van der Waals surface area contributed by atoms with Gasteiger partial charge in [-0.1, -0.05) is 39.7 Å². The Bertz CT molecular complexity index is 575. The fraction of sp³-hybridized carbons (Fsp3) is 0.200. The van der Waals surface area contributed by atoms with Crippen molar-refractivity contribution in [2.75, 3.05) is 0 Å². The zero-order valence-corrected chi connectivity index (χ0v) is 13.1. The SMILES string of the molecule is NNC(Cc1ccc(Br)cc1)Cc1cc(F)ccc1Cl. The summed E-state index contributed by atoms with van der Waals surface area (Å²) in [6, 6.07) is 12.4. The molecule has 0 aliphatic carbocycles. The molecule has 0 saturated heterocycles. The van der Waals surface area contributed by atoms with Gasteiger partial charge in [0.15, 0.2) is 0 Å². The lowest BCUT2D eigenvalue weighted by Crippen LogP contribution is -2.38. The van der Waals surface area contributed by atoms with Crippen LogP contribution in [0.1, 0.15) is 11.1 Å². The molecule has 106 valence electrons. The number of hydrogen-bond acceptors (Lipinski definition) is 2. The van der Waals surface area contributed by atoms with Gasteiger partial charge in [-0.25, -0.2) is 4.39 Å². The van der Waals surface area contributed by atoms with Crippen LogP contribution in [0.3, 0.4) is 0 Å². The van der Waals surface area contributed by atoms with Crippen LogP contribution in [0.25, 0.3) is 0 Å². The summed E-state index contributed by atoms with van der Waals surface area (Å²) >= 11 is 9.48. The molecule has 5 heteroatoms. The van der Waals surface area contributed by atoms with Crippen LogP contribution in [0.2, 0.25) is 5.02 Å². The van der Waals surface area contributed by atoms with E-state index in [-0.39, 0.29) is 11.9 Å². The third-order valence-corrected chi connectivity index (χ3v) is 4.00. The number of nitrogens with two attached hydrogens (primary N) is 1. The Balaban J connectivity index is 2.08. The maximum Gasteiger partial charge on any atom is 0.123 e. The second-order valence-electron chi connectivity index (χ2n) is 4.63. The van der Waals surface area contributed by atoms with E-state index in [4.69, 9.17) is 17.4 Å². The normalized spacial score (nSPS) is 12.4. The maximum atomic E-state index is 13.3. The summed E-state index contributed by atoms with van der Waals surface area (Å²) in [7, 11) is 0. The summed E-state index contributed by atoms with van der Waals surface area (Å²) in [4.78, 5) is 0. The Labute approximate surface area is 131 Å². The van der Waals surface area contributed by atoms with E-state index >= 15 is 0 Å². The highest BCUT2D eigenvalue weighted by atomic mass is 79.9. The van der Waals surface area contributed by atoms with Crippen molar-refractivity contribution in [3.05, 3.63) is 68.9 Å². The molecule has 3 N–H and O–H groups in total. The highest BCUT2D eigenvalue weighted by Crippen LogP contribution is 2.20. The van der Waals surface area contributed by atoms with E-state index in [1.54, 1.807) is 6.07 Å². The Morgan fingerprint density at radius 2 is 1.85 bits per heavy atom. The summed E-state index contributed by atoms with van der Waals surface area (Å²) in [6.45, 7) is 0. The minimum absolute atomic E-state index is 0.00419. The van der Waals surface area contributed by atoms with Gasteiger partial charge < -0.3 is 0 Å². The molecule has 0 aliphatic heterocycles. The number of benzene rings is 2. The maximum absolute atomic E-state index is 13.3. The molecule has 1 atom stereocenters. The first-order chi connectivity index (χ1) is 9.58. The van der Waals surface area contributed by atoms with Crippen LogP contribution in [0, 0.1) is 5.82 Å². The first kappa shape index (κ1) is 15.4. The number of hydrazine groups is 1. The molecule has 2 nitrogen and oxygen atoms in total. The first-order valence-electron chi connectivity index (χ1n) is 6.23. The molecule has 1 unspecified atom stereocenters. The fourth-order valence-corrected chi connectivity index (χ4v) is 2.52. The molecule has 0 amide bonds. The second-order valence-corrected chi connectivity index (χ2v) is 5.96. The van der Waals surface area contributed by atoms with Crippen molar-refractivity contribution >= 4 is 27.5 Å². The van der Waals surface area contributed by atoms with Crippen molar-refractivity contribution in [2.24, 2.45) is 5.84 Å². The van der Waals surface area contributed by atoms with Crippen molar-refractivity contribution in [3.63, 3.8) is 0 Å². The molecule has 20 heavy (non-hydrogen) atoms. The zero-order valence-electron chi connectivity index (χ0n) is 10.7. The third-order valence-electron chi connectivity index (χ3n) is 3.11. The number of hydrogen-bond donors (Lipinski definition) is 2. The molecule has 0 aromatic heterocycles. The summed E-state index contributed by atoms with van der Waals surface area (Å²) in [6.07, 6.45) is 1.32. The average molecular weight is 358 g/mol. The first-order valence-corrected chi connectivity index (χ1v) is 7.40. The van der Waals surface area contributed by atoms with Gasteiger partial charge >= 0.3 is 0 Å². The van der Waals surface area contributed by atoms with Gasteiger partial charge in [-0.3, -0.25) is 11.3 Å². The molecule has 0 heterocycles. The molecular formula is C15H15BrClFN2. The van der Waals surface area contributed by atoms with Crippen molar-refractivity contribution in [3.8, 4) is 0 Å². The number of rotatable bonds is 5. The number of nitrogens with one attached hydrogen (secondary N) is 1. The van der Waals surface area contributed by atoms with Gasteiger partial charge in [0.1, 0.15) is 5.82 Å². The van der Waals surface area contributed by atoms with E-state index in [9.17, 15) is 4.39 Å². The average Bonchev–Trinajstić information content (AvgIpc) is 2.44. The van der Waals surface area contributed by atoms with Crippen molar-refractivity contribution in [2.45, 2.75) is 18.9 Å². The molecule has 0 radical (unpaired) electrons. The molecule has 2 rings (SSSR count). The van der Waals surface area contributed by atoms with Crippen molar-refractivity contribution in [1.29, 1.82) is 0 Å². The van der Waals surface area contributed by atoms with E-state index in [0.717, 1.165) is 22.0 Å². The van der Waals surface area contributed by atoms with E-state index < -0.39 is 0 Å². The largest absolute Gasteiger partial charge is 0.271 e. The predicted octanol–water partition coefficient (Wildman–Crippen LogP) is 3.86. The summed E-state index contributed by atoms with van der Waals surface area (Å²) in [5.74, 6) is 5.30. The van der Waals surface area contributed by atoms with Gasteiger partial charge in [0.2, 0.25) is 0 Å². The third kappa shape index (κ3) is 4.28. The van der Waals surface area contributed by atoms with Gasteiger partial charge in [-0.05, 0) is 54.3 Å². The monoisotopic (exact) mass is 356 g/mol. The van der Waals surface area contributed by atoms with E-state index in [2.05, 4.69) is 21.4 Å². The highest BCUT2D eigenvalue weighted by Gasteiger charge is 2.12. The lowest BCUT2D eigenvalue weighted by atomic mass is 9.99. The summed E-state index contributed by atoms with van der Waals surface area (Å²) in [5, 5.41) is 0.558. The molecule has 0 aliphatic rings. The van der Waals surface area contributed by atoms with Crippen molar-refractivity contribution < 1.29 is 4.39 Å². The topological polar surface area (TPSA) is 38.0 Å². The molecule has 0 bridgehead atoms. The van der Waals surface area contributed by atoms with E-state index in [0.29, 0.717) is 11.4 Å². The molecule has 2 aromatic rings. The van der Waals surface area contributed by atoms with E-state index in [1.165, 1.54) is 12.1 Å². The Kier molecular flexibility index (Phi) is 5.54. The van der Waals surface area contributed by atoms with Gasteiger partial charge in [0.05, 0.1) is 0 Å². The highest BCUT2D eigenvalue weighted by molar-refractivity contribution is 9.10. The Morgan fingerprint density at radius 3 is 2.50 bits per heavy atom. The van der Waals surface area contributed by atoms with Crippen LogP contribution in [-0.4, -0.2) is 6.04 Å². The summed E-state index contributed by atoms with van der Waals surface area (Å²) < 4.78 is 14.3. The predicted molar refractivity (Wildman–Crippen MR) is 84.1 cm³/mol. The molecular weight excluding hydrogens is 343 g/mol. The van der Waals surface area contributed by atoms with Gasteiger partial charge in [0, 0.05) is 15.5 Å². The Morgan fingerprint density at radius 1 is 1.15 bits per heavy atom. The van der Waals surface area contributed by atoms with Crippen molar-refractivity contribution in [1.82, 2.24) is 5.43 Å². The van der Waals surface area contributed by atoms with Crippen LogP contribution >= 0.6 is 27.5 Å². The fourth-order valence-electron chi connectivity index (χ4n) is 2.06. The number of halogens is 3. The van der Waals surface area contributed by atoms with E-state index in [1.807, 2.05) is 24.3 Å². The van der Waals surface area contributed by atoms with Crippen LogP contribution in [0.5, 0.6) is 0 Å². The minimum Gasteiger partial charge on any atom is -0.271 e. The standard InChI is InChI=1S/C15H15BrClFN2/c16-12-3-1-10(2-4-12)7-14(20-19)9-11-8-13(18)5-6-15(11)17/h1-6,8,14,20H,7,9,19H2. The van der Waals surface area contributed by atoms with Crippen LogP contribution < -0.4 is 11.3 Å².